The van der Waals surface area contributed by atoms with Crippen molar-refractivity contribution in [2.75, 3.05) is 4.90 Å². The molecule has 0 spiro atoms. The van der Waals surface area contributed by atoms with Gasteiger partial charge < -0.3 is 13.9 Å². The van der Waals surface area contributed by atoms with E-state index in [-0.39, 0.29) is 0 Å². The molecule has 0 aliphatic rings. The fourth-order valence-electron chi connectivity index (χ4n) is 7.73. The molecule has 0 radical (unpaired) electrons. The molecule has 0 aliphatic carbocycles. The molecule has 0 N–H and O–H groups in total. The molecule has 0 amide bonds. The SMILES string of the molecule is c1ccc(-c2cccc(-c3c(N(c4ccccc4)c4ccc5oc6ccccc6c5c4)ccc4c3c3ccccc3n4-c3ccccc3)c2)cc1. The van der Waals surface area contributed by atoms with Gasteiger partial charge in [-0.05, 0) is 89.5 Å². The normalized spacial score (nSPS) is 11.5. The quantitative estimate of drug-likeness (QED) is 0.178. The third-order valence-electron chi connectivity index (χ3n) is 9.96. The molecule has 10 aromatic rings. The van der Waals surface area contributed by atoms with E-state index in [1.54, 1.807) is 0 Å². The van der Waals surface area contributed by atoms with Crippen LogP contribution in [-0.2, 0) is 0 Å². The largest absolute Gasteiger partial charge is 0.456 e. The molecule has 0 aliphatic heterocycles. The number of fused-ring (bicyclic) bond motifs is 6. The Bertz CT molecular complexity index is 2850. The minimum absolute atomic E-state index is 0.880. The molecule has 10 rings (SSSR count). The number of hydrogen-bond acceptors (Lipinski definition) is 2. The van der Waals surface area contributed by atoms with Gasteiger partial charge in [-0.2, -0.15) is 0 Å². The van der Waals surface area contributed by atoms with E-state index >= 15 is 0 Å². The molecule has 51 heavy (non-hydrogen) atoms. The summed E-state index contributed by atoms with van der Waals surface area (Å²) in [5, 5.41) is 4.63. The molecular formula is C48H32N2O. The number of rotatable bonds is 6. The van der Waals surface area contributed by atoms with Crippen LogP contribution in [0.2, 0.25) is 0 Å². The zero-order valence-electron chi connectivity index (χ0n) is 27.8. The average molecular weight is 653 g/mol. The third-order valence-corrected chi connectivity index (χ3v) is 9.96. The van der Waals surface area contributed by atoms with Gasteiger partial charge in [-0.25, -0.2) is 0 Å². The maximum absolute atomic E-state index is 6.28. The summed E-state index contributed by atoms with van der Waals surface area (Å²) in [5.74, 6) is 0. The van der Waals surface area contributed by atoms with E-state index in [2.05, 4.69) is 191 Å². The van der Waals surface area contributed by atoms with Gasteiger partial charge in [-0.3, -0.25) is 0 Å². The van der Waals surface area contributed by atoms with Crippen LogP contribution in [0.4, 0.5) is 17.1 Å². The molecule has 0 bridgehead atoms. The van der Waals surface area contributed by atoms with Crippen LogP contribution in [0.5, 0.6) is 0 Å². The van der Waals surface area contributed by atoms with Crippen LogP contribution in [0.1, 0.15) is 0 Å². The first-order valence-electron chi connectivity index (χ1n) is 17.4. The third kappa shape index (κ3) is 4.82. The first-order chi connectivity index (χ1) is 25.3. The second-order valence-electron chi connectivity index (χ2n) is 12.9. The van der Waals surface area contributed by atoms with Gasteiger partial charge >= 0.3 is 0 Å². The molecule has 8 aromatic carbocycles. The Morgan fingerprint density at radius 3 is 1.86 bits per heavy atom. The molecule has 0 atom stereocenters. The maximum atomic E-state index is 6.28. The summed E-state index contributed by atoms with van der Waals surface area (Å²) in [6, 6.07) is 69.3. The lowest BCUT2D eigenvalue weighted by Crippen LogP contribution is -2.11. The first kappa shape index (κ1) is 29.1. The van der Waals surface area contributed by atoms with E-state index in [0.717, 1.165) is 55.8 Å². The molecule has 2 aromatic heterocycles. The van der Waals surface area contributed by atoms with E-state index in [0.29, 0.717) is 0 Å². The highest BCUT2D eigenvalue weighted by Crippen LogP contribution is 2.48. The smallest absolute Gasteiger partial charge is 0.135 e. The summed E-state index contributed by atoms with van der Waals surface area (Å²) in [5.41, 5.74) is 13.2. The van der Waals surface area contributed by atoms with Crippen LogP contribution in [0.3, 0.4) is 0 Å². The molecule has 0 saturated heterocycles. The molecule has 0 fully saturated rings. The van der Waals surface area contributed by atoms with Gasteiger partial charge in [0.05, 0.1) is 16.7 Å². The van der Waals surface area contributed by atoms with Gasteiger partial charge in [0.25, 0.3) is 0 Å². The van der Waals surface area contributed by atoms with Crippen molar-refractivity contribution in [3.63, 3.8) is 0 Å². The number of hydrogen-bond donors (Lipinski definition) is 0. The van der Waals surface area contributed by atoms with Crippen LogP contribution >= 0.6 is 0 Å². The Hall–Kier alpha value is -6.84. The van der Waals surface area contributed by atoms with Gasteiger partial charge in [-0.15, -0.1) is 0 Å². The maximum Gasteiger partial charge on any atom is 0.135 e. The van der Waals surface area contributed by atoms with Crippen molar-refractivity contribution < 1.29 is 4.42 Å². The summed E-state index contributed by atoms with van der Waals surface area (Å²) >= 11 is 0. The van der Waals surface area contributed by atoms with Gasteiger partial charge in [0.15, 0.2) is 0 Å². The number of benzene rings is 8. The lowest BCUT2D eigenvalue weighted by Gasteiger charge is -2.28. The van der Waals surface area contributed by atoms with Crippen molar-refractivity contribution in [1.29, 1.82) is 0 Å². The lowest BCUT2D eigenvalue weighted by atomic mass is 9.93. The van der Waals surface area contributed by atoms with Crippen LogP contribution in [0, 0.1) is 0 Å². The highest BCUT2D eigenvalue weighted by molar-refractivity contribution is 6.19. The molecule has 2 heterocycles. The van der Waals surface area contributed by atoms with E-state index in [1.807, 2.05) is 12.1 Å². The van der Waals surface area contributed by atoms with Crippen molar-refractivity contribution in [1.82, 2.24) is 4.57 Å². The second kappa shape index (κ2) is 11.9. The van der Waals surface area contributed by atoms with E-state index in [4.69, 9.17) is 4.42 Å². The Morgan fingerprint density at radius 1 is 0.392 bits per heavy atom. The van der Waals surface area contributed by atoms with Gasteiger partial charge in [0.1, 0.15) is 11.2 Å². The Balaban J connectivity index is 1.32. The summed E-state index contributed by atoms with van der Waals surface area (Å²) in [6.45, 7) is 0. The van der Waals surface area contributed by atoms with Crippen molar-refractivity contribution >= 4 is 60.8 Å². The minimum atomic E-state index is 0.880. The average Bonchev–Trinajstić information content (AvgIpc) is 3.75. The Morgan fingerprint density at radius 2 is 1.04 bits per heavy atom. The lowest BCUT2D eigenvalue weighted by molar-refractivity contribution is 0.669. The summed E-state index contributed by atoms with van der Waals surface area (Å²) in [6.07, 6.45) is 0. The van der Waals surface area contributed by atoms with Crippen molar-refractivity contribution in [3.8, 4) is 27.9 Å². The molecule has 3 heteroatoms. The molecule has 0 unspecified atom stereocenters. The zero-order valence-corrected chi connectivity index (χ0v) is 27.8. The highest BCUT2D eigenvalue weighted by atomic mass is 16.3. The van der Waals surface area contributed by atoms with Crippen molar-refractivity contribution in [3.05, 3.63) is 194 Å². The summed E-state index contributed by atoms with van der Waals surface area (Å²) < 4.78 is 8.67. The number of nitrogens with zero attached hydrogens (tertiary/aromatic N) is 2. The summed E-state index contributed by atoms with van der Waals surface area (Å²) in [4.78, 5) is 2.40. The molecular weight excluding hydrogens is 621 g/mol. The van der Waals surface area contributed by atoms with Gasteiger partial charge in [0.2, 0.25) is 0 Å². The Labute approximate surface area is 295 Å². The second-order valence-corrected chi connectivity index (χ2v) is 12.9. The van der Waals surface area contributed by atoms with Crippen LogP contribution in [0.15, 0.2) is 199 Å². The highest BCUT2D eigenvalue weighted by Gasteiger charge is 2.24. The van der Waals surface area contributed by atoms with Crippen LogP contribution < -0.4 is 4.90 Å². The predicted octanol–water partition coefficient (Wildman–Crippen LogP) is 13.5. The number of furan rings is 1. The summed E-state index contributed by atoms with van der Waals surface area (Å²) in [7, 11) is 0. The topological polar surface area (TPSA) is 21.3 Å². The zero-order chi connectivity index (χ0) is 33.7. The molecule has 0 saturated carbocycles. The fourth-order valence-corrected chi connectivity index (χ4v) is 7.73. The predicted molar refractivity (Wildman–Crippen MR) is 214 cm³/mol. The first-order valence-corrected chi connectivity index (χ1v) is 17.4. The fraction of sp³-hybridized carbons (Fsp3) is 0. The van der Waals surface area contributed by atoms with Crippen LogP contribution in [-0.4, -0.2) is 4.57 Å². The molecule has 240 valence electrons. The number of para-hydroxylation sites is 4. The van der Waals surface area contributed by atoms with E-state index < -0.39 is 0 Å². The molecule has 3 nitrogen and oxygen atoms in total. The van der Waals surface area contributed by atoms with Gasteiger partial charge in [0, 0.05) is 44.2 Å². The standard InChI is InChI=1S/C48H32N2O/c1-4-15-33(16-5-1)34-17-14-18-35(31-34)47-43(28-29-44-48(47)40-24-10-12-25-42(40)50(44)37-21-8-3-9-22-37)49(36-19-6-2-7-20-36)38-27-30-46-41(32-38)39-23-11-13-26-45(39)51-46/h1-32H. The van der Waals surface area contributed by atoms with Crippen molar-refractivity contribution in [2.24, 2.45) is 0 Å². The van der Waals surface area contributed by atoms with E-state index in [9.17, 15) is 0 Å². The van der Waals surface area contributed by atoms with Crippen LogP contribution in [0.25, 0.3) is 71.7 Å². The van der Waals surface area contributed by atoms with E-state index in [1.165, 1.54) is 33.0 Å². The monoisotopic (exact) mass is 652 g/mol. The number of anilines is 3. The van der Waals surface area contributed by atoms with Crippen molar-refractivity contribution in [2.45, 2.75) is 0 Å². The Kier molecular flexibility index (Phi) is 6.81. The van der Waals surface area contributed by atoms with Gasteiger partial charge in [-0.1, -0.05) is 121 Å². The minimum Gasteiger partial charge on any atom is -0.456 e. The number of aromatic nitrogens is 1.